The fourth-order valence-corrected chi connectivity index (χ4v) is 3.30. The summed E-state index contributed by atoms with van der Waals surface area (Å²) in [7, 11) is 0. The first-order chi connectivity index (χ1) is 11.1. The second-order valence-electron chi connectivity index (χ2n) is 4.60. The third-order valence-corrected chi connectivity index (χ3v) is 4.76. The van der Waals surface area contributed by atoms with Crippen LogP contribution >= 0.6 is 23.1 Å². The number of rotatable bonds is 5. The lowest BCUT2D eigenvalue weighted by molar-refractivity contribution is -0.113. The lowest BCUT2D eigenvalue weighted by Gasteiger charge is -2.04. The first-order valence-corrected chi connectivity index (χ1v) is 8.55. The molecule has 1 N–H and O–H groups in total. The fraction of sp³-hybridized carbons (Fsp3) is 0.133. The minimum atomic E-state index is -0.295. The second kappa shape index (κ2) is 6.93. The molecule has 1 amide bonds. The van der Waals surface area contributed by atoms with Crippen molar-refractivity contribution in [3.8, 4) is 10.8 Å². The van der Waals surface area contributed by atoms with E-state index in [0.29, 0.717) is 17.4 Å². The van der Waals surface area contributed by atoms with Gasteiger partial charge in [0.2, 0.25) is 5.91 Å². The van der Waals surface area contributed by atoms with Gasteiger partial charge < -0.3 is 9.84 Å². The number of hydrogen-bond donors (Lipinski definition) is 1. The van der Waals surface area contributed by atoms with Gasteiger partial charge in [0.25, 0.3) is 5.89 Å². The van der Waals surface area contributed by atoms with E-state index >= 15 is 0 Å². The quantitative estimate of drug-likeness (QED) is 0.706. The molecule has 0 saturated carbocycles. The van der Waals surface area contributed by atoms with Crippen LogP contribution in [0.1, 0.15) is 5.82 Å². The summed E-state index contributed by atoms with van der Waals surface area (Å²) in [6.07, 6.45) is 0. The Kier molecular flexibility index (Phi) is 4.73. The van der Waals surface area contributed by atoms with Gasteiger partial charge in [-0.05, 0) is 42.6 Å². The molecule has 0 aliphatic carbocycles. The number of hydrogen-bond acceptors (Lipinski definition) is 6. The molecule has 3 rings (SSSR count). The maximum absolute atomic E-state index is 12.8. The molecule has 23 heavy (non-hydrogen) atoms. The maximum Gasteiger partial charge on any atom is 0.270 e. The van der Waals surface area contributed by atoms with Crippen molar-refractivity contribution in [1.82, 2.24) is 10.1 Å². The number of carbonyl (C=O) groups is 1. The summed E-state index contributed by atoms with van der Waals surface area (Å²) in [4.78, 5) is 17.8. The van der Waals surface area contributed by atoms with E-state index < -0.39 is 0 Å². The molecule has 2 heterocycles. The van der Waals surface area contributed by atoms with E-state index in [9.17, 15) is 9.18 Å². The third-order valence-electron chi connectivity index (χ3n) is 2.84. The van der Waals surface area contributed by atoms with Gasteiger partial charge in [0.05, 0.1) is 11.4 Å². The highest BCUT2D eigenvalue weighted by Gasteiger charge is 2.15. The number of thiophene rings is 1. The Morgan fingerprint density at radius 3 is 2.83 bits per heavy atom. The molecule has 0 radical (unpaired) electrons. The van der Waals surface area contributed by atoms with Gasteiger partial charge in [-0.15, -0.1) is 23.1 Å². The van der Waals surface area contributed by atoms with Gasteiger partial charge in [-0.2, -0.15) is 4.98 Å². The lowest BCUT2D eigenvalue weighted by Crippen LogP contribution is -2.13. The van der Waals surface area contributed by atoms with Gasteiger partial charge in [0.1, 0.15) is 10.7 Å². The van der Waals surface area contributed by atoms with Crippen molar-refractivity contribution in [3.63, 3.8) is 0 Å². The van der Waals surface area contributed by atoms with E-state index in [4.69, 9.17) is 4.52 Å². The topological polar surface area (TPSA) is 68.0 Å². The Morgan fingerprint density at radius 1 is 1.35 bits per heavy atom. The average Bonchev–Trinajstić information content (AvgIpc) is 3.15. The van der Waals surface area contributed by atoms with Gasteiger partial charge in [-0.3, -0.25) is 4.79 Å². The standard InChI is InChI=1S/C15H12FN3O2S2/c1-9-17-15(21-19-9)14-12(6-7-22-14)18-13(20)8-23-11-4-2-10(16)3-5-11/h2-7H,8H2,1H3,(H,18,20). The number of carbonyl (C=O) groups excluding carboxylic acids is 1. The van der Waals surface area contributed by atoms with Gasteiger partial charge in [-0.25, -0.2) is 4.39 Å². The van der Waals surface area contributed by atoms with Crippen LogP contribution in [-0.2, 0) is 4.79 Å². The molecule has 3 aromatic rings. The number of aromatic nitrogens is 2. The Morgan fingerprint density at radius 2 is 2.13 bits per heavy atom. The third kappa shape index (κ3) is 3.96. The Balaban J connectivity index is 1.62. The molecule has 8 heteroatoms. The number of thioether (sulfide) groups is 1. The number of nitrogens with one attached hydrogen (secondary N) is 1. The first kappa shape index (κ1) is 15.7. The highest BCUT2D eigenvalue weighted by Crippen LogP contribution is 2.32. The van der Waals surface area contributed by atoms with Gasteiger partial charge in [0, 0.05) is 4.90 Å². The van der Waals surface area contributed by atoms with Crippen LogP contribution in [0.5, 0.6) is 0 Å². The van der Waals surface area contributed by atoms with Crippen LogP contribution in [0.3, 0.4) is 0 Å². The van der Waals surface area contributed by atoms with E-state index in [1.807, 2.05) is 5.38 Å². The molecule has 0 aliphatic heterocycles. The number of anilines is 1. The molecule has 118 valence electrons. The molecule has 5 nitrogen and oxygen atoms in total. The summed E-state index contributed by atoms with van der Waals surface area (Å²) in [5.41, 5.74) is 0.642. The molecule has 0 fully saturated rings. The van der Waals surface area contributed by atoms with Crippen LogP contribution in [-0.4, -0.2) is 21.8 Å². The van der Waals surface area contributed by atoms with Crippen LogP contribution in [0.15, 0.2) is 45.1 Å². The molecule has 0 aliphatic rings. The van der Waals surface area contributed by atoms with Crippen LogP contribution in [0.4, 0.5) is 10.1 Å². The summed E-state index contributed by atoms with van der Waals surface area (Å²) >= 11 is 2.75. The summed E-state index contributed by atoms with van der Waals surface area (Å²) in [6, 6.07) is 7.82. The highest BCUT2D eigenvalue weighted by molar-refractivity contribution is 8.00. The molecular formula is C15H12FN3O2S2. The van der Waals surface area contributed by atoms with Crippen LogP contribution in [0.25, 0.3) is 10.8 Å². The van der Waals surface area contributed by atoms with Crippen molar-refractivity contribution in [2.24, 2.45) is 0 Å². The Labute approximate surface area is 139 Å². The molecule has 0 saturated heterocycles. The van der Waals surface area contributed by atoms with Crippen molar-refractivity contribution in [2.75, 3.05) is 11.1 Å². The highest BCUT2D eigenvalue weighted by atomic mass is 32.2. The molecule has 0 atom stereocenters. The maximum atomic E-state index is 12.8. The van der Waals surface area contributed by atoms with Crippen molar-refractivity contribution in [3.05, 3.63) is 47.4 Å². The van der Waals surface area contributed by atoms with Gasteiger partial charge in [-0.1, -0.05) is 5.16 Å². The minimum absolute atomic E-state index is 0.157. The van der Waals surface area contributed by atoms with E-state index in [1.54, 1.807) is 25.1 Å². The number of benzene rings is 1. The second-order valence-corrected chi connectivity index (χ2v) is 6.57. The SMILES string of the molecule is Cc1noc(-c2sccc2NC(=O)CSc2ccc(F)cc2)n1. The average molecular weight is 349 g/mol. The molecule has 0 unspecified atom stereocenters. The fourth-order valence-electron chi connectivity index (χ4n) is 1.83. The predicted octanol–water partition coefficient (Wildman–Crippen LogP) is 3.98. The van der Waals surface area contributed by atoms with Crippen molar-refractivity contribution in [1.29, 1.82) is 0 Å². The lowest BCUT2D eigenvalue weighted by atomic mass is 10.3. The number of nitrogens with zero attached hydrogens (tertiary/aromatic N) is 2. The number of amides is 1. The molecule has 2 aromatic heterocycles. The molecule has 1 aromatic carbocycles. The summed E-state index contributed by atoms with van der Waals surface area (Å²) in [5.74, 6) is 0.701. The Bertz CT molecular complexity index is 814. The van der Waals surface area contributed by atoms with Gasteiger partial charge >= 0.3 is 0 Å². The van der Waals surface area contributed by atoms with Crippen molar-refractivity contribution < 1.29 is 13.7 Å². The zero-order valence-corrected chi connectivity index (χ0v) is 13.7. The summed E-state index contributed by atoms with van der Waals surface area (Å²) in [6.45, 7) is 1.73. The van der Waals surface area contributed by atoms with Crippen molar-refractivity contribution in [2.45, 2.75) is 11.8 Å². The zero-order chi connectivity index (χ0) is 16.2. The normalized spacial score (nSPS) is 10.7. The Hall–Kier alpha value is -2.19. The summed E-state index contributed by atoms with van der Waals surface area (Å²) in [5, 5.41) is 8.42. The summed E-state index contributed by atoms with van der Waals surface area (Å²) < 4.78 is 18.0. The zero-order valence-electron chi connectivity index (χ0n) is 12.1. The predicted molar refractivity (Wildman–Crippen MR) is 88.1 cm³/mol. The smallest absolute Gasteiger partial charge is 0.270 e. The van der Waals surface area contributed by atoms with E-state index in [-0.39, 0.29) is 17.5 Å². The first-order valence-electron chi connectivity index (χ1n) is 6.68. The van der Waals surface area contributed by atoms with E-state index in [1.165, 1.54) is 35.2 Å². The van der Waals surface area contributed by atoms with Gasteiger partial charge in [0.15, 0.2) is 5.82 Å². The number of halogens is 1. The largest absolute Gasteiger partial charge is 0.333 e. The molecule has 0 bridgehead atoms. The monoisotopic (exact) mass is 349 g/mol. The minimum Gasteiger partial charge on any atom is -0.333 e. The van der Waals surface area contributed by atoms with Crippen molar-refractivity contribution >= 4 is 34.7 Å². The van der Waals surface area contributed by atoms with E-state index in [2.05, 4.69) is 15.5 Å². The molecule has 0 spiro atoms. The van der Waals surface area contributed by atoms with Crippen LogP contribution < -0.4 is 5.32 Å². The van der Waals surface area contributed by atoms with Crippen LogP contribution in [0, 0.1) is 12.7 Å². The molecular weight excluding hydrogens is 337 g/mol. The van der Waals surface area contributed by atoms with Crippen LogP contribution in [0.2, 0.25) is 0 Å². The number of aryl methyl sites for hydroxylation is 1. The van der Waals surface area contributed by atoms with E-state index in [0.717, 1.165) is 9.77 Å².